The molecule has 0 saturated carbocycles. The maximum absolute atomic E-state index is 11.9. The SMILES string of the molecule is COc1cccc(OC)c1C(=O)C(C)C. The van der Waals surface area contributed by atoms with Gasteiger partial charge in [0.1, 0.15) is 17.1 Å². The number of benzene rings is 1. The van der Waals surface area contributed by atoms with Gasteiger partial charge >= 0.3 is 0 Å². The summed E-state index contributed by atoms with van der Waals surface area (Å²) in [5, 5.41) is 0. The second-order valence-corrected chi connectivity index (χ2v) is 3.56. The molecule has 0 heterocycles. The number of Topliss-reactive ketones (excluding diaryl/α,β-unsaturated/α-hetero) is 1. The number of hydrogen-bond acceptors (Lipinski definition) is 3. The molecule has 0 aliphatic heterocycles. The first-order valence-corrected chi connectivity index (χ1v) is 4.87. The Kier molecular flexibility index (Phi) is 3.72. The molecule has 0 saturated heterocycles. The van der Waals surface area contributed by atoms with E-state index in [1.54, 1.807) is 32.4 Å². The van der Waals surface area contributed by atoms with Gasteiger partial charge in [0.2, 0.25) is 0 Å². The summed E-state index contributed by atoms with van der Waals surface area (Å²) in [5.74, 6) is 1.08. The van der Waals surface area contributed by atoms with E-state index in [0.717, 1.165) is 0 Å². The van der Waals surface area contributed by atoms with Crippen LogP contribution in [0.5, 0.6) is 11.5 Å². The highest BCUT2D eigenvalue weighted by Crippen LogP contribution is 2.30. The molecule has 0 aliphatic rings. The van der Waals surface area contributed by atoms with Crippen LogP contribution in [0.1, 0.15) is 24.2 Å². The highest BCUT2D eigenvalue weighted by Gasteiger charge is 2.20. The van der Waals surface area contributed by atoms with Crippen molar-refractivity contribution in [3.63, 3.8) is 0 Å². The number of hydrogen-bond donors (Lipinski definition) is 0. The summed E-state index contributed by atoms with van der Waals surface area (Å²) in [6.07, 6.45) is 0. The van der Waals surface area contributed by atoms with E-state index in [-0.39, 0.29) is 11.7 Å². The first-order chi connectivity index (χ1) is 7.11. The Labute approximate surface area is 90.0 Å². The van der Waals surface area contributed by atoms with Gasteiger partial charge in [0.15, 0.2) is 5.78 Å². The lowest BCUT2D eigenvalue weighted by Crippen LogP contribution is -2.10. The molecule has 0 atom stereocenters. The van der Waals surface area contributed by atoms with Crippen molar-refractivity contribution in [2.24, 2.45) is 5.92 Å². The van der Waals surface area contributed by atoms with Gasteiger partial charge in [-0.25, -0.2) is 0 Å². The van der Waals surface area contributed by atoms with Crippen molar-refractivity contribution in [3.8, 4) is 11.5 Å². The number of carbonyl (C=O) groups is 1. The van der Waals surface area contributed by atoms with E-state index < -0.39 is 0 Å². The quantitative estimate of drug-likeness (QED) is 0.713. The number of carbonyl (C=O) groups excluding carboxylic acids is 1. The van der Waals surface area contributed by atoms with Crippen molar-refractivity contribution < 1.29 is 14.3 Å². The molecule has 3 heteroatoms. The van der Waals surface area contributed by atoms with E-state index >= 15 is 0 Å². The Morgan fingerprint density at radius 1 is 1.13 bits per heavy atom. The standard InChI is InChI=1S/C12H16O3/c1-8(2)12(13)11-9(14-3)6-5-7-10(11)15-4/h5-8H,1-4H3. The van der Waals surface area contributed by atoms with Gasteiger partial charge in [-0.15, -0.1) is 0 Å². The van der Waals surface area contributed by atoms with Crippen molar-refractivity contribution in [2.45, 2.75) is 13.8 Å². The molecule has 0 spiro atoms. The molecular weight excluding hydrogens is 192 g/mol. The fraction of sp³-hybridized carbons (Fsp3) is 0.417. The van der Waals surface area contributed by atoms with Crippen LogP contribution in [0.4, 0.5) is 0 Å². The van der Waals surface area contributed by atoms with Gasteiger partial charge in [0, 0.05) is 5.92 Å². The Morgan fingerprint density at radius 3 is 1.93 bits per heavy atom. The van der Waals surface area contributed by atoms with Crippen molar-refractivity contribution in [1.82, 2.24) is 0 Å². The van der Waals surface area contributed by atoms with E-state index in [9.17, 15) is 4.79 Å². The molecule has 0 aromatic heterocycles. The van der Waals surface area contributed by atoms with Gasteiger partial charge in [-0.1, -0.05) is 19.9 Å². The minimum atomic E-state index is -0.0739. The molecule has 15 heavy (non-hydrogen) atoms. The lowest BCUT2D eigenvalue weighted by Gasteiger charge is -2.13. The minimum Gasteiger partial charge on any atom is -0.496 e. The fourth-order valence-corrected chi connectivity index (χ4v) is 1.38. The van der Waals surface area contributed by atoms with Crippen molar-refractivity contribution in [1.29, 1.82) is 0 Å². The van der Waals surface area contributed by atoms with E-state index in [2.05, 4.69) is 0 Å². The lowest BCUT2D eigenvalue weighted by atomic mass is 9.99. The van der Waals surface area contributed by atoms with Crippen LogP contribution in [0.25, 0.3) is 0 Å². The molecular formula is C12H16O3. The van der Waals surface area contributed by atoms with Crippen molar-refractivity contribution in [2.75, 3.05) is 14.2 Å². The first kappa shape index (κ1) is 11.6. The molecule has 1 rings (SSSR count). The first-order valence-electron chi connectivity index (χ1n) is 4.87. The molecule has 0 N–H and O–H groups in total. The van der Waals surface area contributed by atoms with Gasteiger partial charge in [0.25, 0.3) is 0 Å². The van der Waals surface area contributed by atoms with Crippen LogP contribution in [-0.2, 0) is 0 Å². The third kappa shape index (κ3) is 2.29. The maximum atomic E-state index is 11.9. The largest absolute Gasteiger partial charge is 0.496 e. The normalized spacial score (nSPS) is 10.2. The van der Waals surface area contributed by atoms with E-state index in [1.807, 2.05) is 13.8 Å². The molecule has 0 unspecified atom stereocenters. The molecule has 3 nitrogen and oxygen atoms in total. The summed E-state index contributed by atoms with van der Waals surface area (Å²) >= 11 is 0. The number of methoxy groups -OCH3 is 2. The smallest absolute Gasteiger partial charge is 0.172 e. The van der Waals surface area contributed by atoms with Gasteiger partial charge in [-0.3, -0.25) is 4.79 Å². The number of ketones is 1. The molecule has 0 radical (unpaired) electrons. The van der Waals surface area contributed by atoms with Crippen molar-refractivity contribution >= 4 is 5.78 Å². The third-order valence-corrected chi connectivity index (χ3v) is 2.20. The average Bonchev–Trinajstić information content (AvgIpc) is 2.26. The zero-order chi connectivity index (χ0) is 11.4. The third-order valence-electron chi connectivity index (χ3n) is 2.20. The Bertz CT molecular complexity index is 334. The van der Waals surface area contributed by atoms with E-state index in [1.165, 1.54) is 0 Å². The summed E-state index contributed by atoms with van der Waals surface area (Å²) < 4.78 is 10.3. The van der Waals surface area contributed by atoms with Crippen molar-refractivity contribution in [3.05, 3.63) is 23.8 Å². The van der Waals surface area contributed by atoms with Gasteiger partial charge < -0.3 is 9.47 Å². The number of ether oxygens (including phenoxy) is 2. The van der Waals surface area contributed by atoms with Crippen LogP contribution in [-0.4, -0.2) is 20.0 Å². The zero-order valence-corrected chi connectivity index (χ0v) is 9.53. The molecule has 0 amide bonds. The number of rotatable bonds is 4. The van der Waals surface area contributed by atoms with Gasteiger partial charge in [0.05, 0.1) is 14.2 Å². The average molecular weight is 208 g/mol. The van der Waals surface area contributed by atoms with Crippen LogP contribution in [0.3, 0.4) is 0 Å². The highest BCUT2D eigenvalue weighted by molar-refractivity contribution is 6.02. The fourth-order valence-electron chi connectivity index (χ4n) is 1.38. The molecule has 82 valence electrons. The lowest BCUT2D eigenvalue weighted by molar-refractivity contribution is 0.0933. The predicted octanol–water partition coefficient (Wildman–Crippen LogP) is 2.54. The van der Waals surface area contributed by atoms with E-state index in [0.29, 0.717) is 17.1 Å². The van der Waals surface area contributed by atoms with Crippen LogP contribution < -0.4 is 9.47 Å². The summed E-state index contributed by atoms with van der Waals surface area (Å²) in [7, 11) is 3.10. The summed E-state index contributed by atoms with van der Waals surface area (Å²) in [5.41, 5.74) is 0.525. The monoisotopic (exact) mass is 208 g/mol. The summed E-state index contributed by atoms with van der Waals surface area (Å²) in [4.78, 5) is 11.9. The second-order valence-electron chi connectivity index (χ2n) is 3.56. The maximum Gasteiger partial charge on any atom is 0.172 e. The zero-order valence-electron chi connectivity index (χ0n) is 9.53. The van der Waals surface area contributed by atoms with Crippen LogP contribution >= 0.6 is 0 Å². The summed E-state index contributed by atoms with van der Waals surface area (Å²) in [6.45, 7) is 3.71. The van der Waals surface area contributed by atoms with Gasteiger partial charge in [-0.05, 0) is 12.1 Å². The Morgan fingerprint density at radius 2 is 1.60 bits per heavy atom. The molecule has 1 aromatic rings. The molecule has 0 fully saturated rings. The molecule has 1 aromatic carbocycles. The van der Waals surface area contributed by atoms with Gasteiger partial charge in [-0.2, -0.15) is 0 Å². The Hall–Kier alpha value is -1.51. The van der Waals surface area contributed by atoms with Crippen LogP contribution in [0.2, 0.25) is 0 Å². The Balaban J connectivity index is 3.28. The highest BCUT2D eigenvalue weighted by atomic mass is 16.5. The second kappa shape index (κ2) is 4.82. The van der Waals surface area contributed by atoms with Crippen LogP contribution in [0, 0.1) is 5.92 Å². The van der Waals surface area contributed by atoms with E-state index in [4.69, 9.17) is 9.47 Å². The molecule has 0 aliphatic carbocycles. The minimum absolute atomic E-state index is 0.0318. The predicted molar refractivity (Wildman–Crippen MR) is 58.7 cm³/mol. The van der Waals surface area contributed by atoms with Crippen LogP contribution in [0.15, 0.2) is 18.2 Å². The molecule has 0 bridgehead atoms. The topological polar surface area (TPSA) is 35.5 Å². The summed E-state index contributed by atoms with van der Waals surface area (Å²) in [6, 6.07) is 5.32.